The molecular formula is C30H25ClN4O3. The summed E-state index contributed by atoms with van der Waals surface area (Å²) in [6.45, 7) is 2.68. The van der Waals surface area contributed by atoms with Crippen molar-refractivity contribution in [2.24, 2.45) is 0 Å². The van der Waals surface area contributed by atoms with E-state index in [4.69, 9.17) is 21.1 Å². The number of rotatable bonds is 10. The smallest absolute Gasteiger partial charge is 0.261 e. The lowest BCUT2D eigenvalue weighted by Gasteiger charge is -2.15. The lowest BCUT2D eigenvalue weighted by atomic mass is 10.1. The van der Waals surface area contributed by atoms with E-state index in [1.807, 2.05) is 49.5 Å². The van der Waals surface area contributed by atoms with Crippen molar-refractivity contribution in [3.63, 3.8) is 0 Å². The summed E-state index contributed by atoms with van der Waals surface area (Å²) < 4.78 is 11.7. The number of para-hydroxylation sites is 1. The highest BCUT2D eigenvalue weighted by atomic mass is 35.5. The molecule has 0 aliphatic carbocycles. The quantitative estimate of drug-likeness (QED) is 0.197. The van der Waals surface area contributed by atoms with Crippen LogP contribution >= 0.6 is 11.6 Å². The number of aromatic nitrogens is 1. The van der Waals surface area contributed by atoms with Crippen molar-refractivity contribution in [1.29, 1.82) is 10.5 Å². The number of fused-ring (bicyclic) bond motifs is 1. The first-order valence-electron chi connectivity index (χ1n) is 12.1. The number of ether oxygens (including phenoxy) is 2. The molecule has 1 amide bonds. The van der Waals surface area contributed by atoms with Gasteiger partial charge in [0, 0.05) is 29.2 Å². The Kier molecular flexibility index (Phi) is 8.66. The number of benzene rings is 3. The summed E-state index contributed by atoms with van der Waals surface area (Å²) >= 11 is 6.52. The molecule has 3 aromatic carbocycles. The van der Waals surface area contributed by atoms with Gasteiger partial charge in [0.25, 0.3) is 5.91 Å². The van der Waals surface area contributed by atoms with Gasteiger partial charge in [-0.15, -0.1) is 0 Å². The van der Waals surface area contributed by atoms with Crippen molar-refractivity contribution in [3.05, 3.63) is 99.7 Å². The van der Waals surface area contributed by atoms with Crippen LogP contribution in [0, 0.1) is 22.7 Å². The van der Waals surface area contributed by atoms with Gasteiger partial charge in [-0.1, -0.05) is 48.0 Å². The zero-order chi connectivity index (χ0) is 26.9. The fourth-order valence-corrected chi connectivity index (χ4v) is 4.31. The van der Waals surface area contributed by atoms with E-state index in [1.54, 1.807) is 30.3 Å². The number of halogens is 1. The zero-order valence-electron chi connectivity index (χ0n) is 20.8. The largest absolute Gasteiger partial charge is 0.490 e. The molecule has 0 radical (unpaired) electrons. The molecule has 0 aliphatic heterocycles. The molecule has 8 heteroatoms. The molecular weight excluding hydrogens is 500 g/mol. The predicted molar refractivity (Wildman–Crippen MR) is 147 cm³/mol. The summed E-state index contributed by atoms with van der Waals surface area (Å²) in [7, 11) is 0. The first-order chi connectivity index (χ1) is 18.5. The number of hydrogen-bond acceptors (Lipinski definition) is 5. The number of aromatic amines is 1. The van der Waals surface area contributed by atoms with Crippen LogP contribution in [0.25, 0.3) is 17.0 Å². The van der Waals surface area contributed by atoms with Gasteiger partial charge in [-0.3, -0.25) is 4.79 Å². The Morgan fingerprint density at radius 3 is 2.66 bits per heavy atom. The molecule has 0 saturated heterocycles. The second kappa shape index (κ2) is 12.5. The maximum absolute atomic E-state index is 12.7. The SMILES string of the molecule is CCOc1cc(/C=C(/C#N)C(=O)NCCc2c[nH]c3ccccc23)cc(Cl)c1OCc1ccccc1C#N. The Hall–Kier alpha value is -4.72. The molecule has 0 spiro atoms. The first-order valence-corrected chi connectivity index (χ1v) is 12.4. The minimum Gasteiger partial charge on any atom is -0.490 e. The van der Waals surface area contributed by atoms with Crippen molar-refractivity contribution >= 4 is 34.5 Å². The third kappa shape index (κ3) is 6.15. The molecule has 4 rings (SSSR count). The van der Waals surface area contributed by atoms with Gasteiger partial charge in [-0.25, -0.2) is 0 Å². The van der Waals surface area contributed by atoms with Gasteiger partial charge in [0.15, 0.2) is 11.5 Å². The van der Waals surface area contributed by atoms with Gasteiger partial charge in [0.1, 0.15) is 18.2 Å². The highest BCUT2D eigenvalue weighted by Crippen LogP contribution is 2.38. The van der Waals surface area contributed by atoms with Crippen molar-refractivity contribution < 1.29 is 14.3 Å². The van der Waals surface area contributed by atoms with E-state index >= 15 is 0 Å². The van der Waals surface area contributed by atoms with Crippen LogP contribution in [0.15, 0.2) is 72.4 Å². The molecule has 38 heavy (non-hydrogen) atoms. The summed E-state index contributed by atoms with van der Waals surface area (Å²) in [5.74, 6) is 0.215. The average Bonchev–Trinajstić information content (AvgIpc) is 3.34. The molecule has 0 saturated carbocycles. The third-order valence-electron chi connectivity index (χ3n) is 5.87. The van der Waals surface area contributed by atoms with E-state index in [1.165, 1.54) is 6.08 Å². The van der Waals surface area contributed by atoms with Crippen LogP contribution in [-0.2, 0) is 17.8 Å². The van der Waals surface area contributed by atoms with Gasteiger partial charge in [-0.2, -0.15) is 10.5 Å². The van der Waals surface area contributed by atoms with Crippen molar-refractivity contribution in [2.45, 2.75) is 20.0 Å². The molecule has 2 N–H and O–H groups in total. The van der Waals surface area contributed by atoms with Crippen LogP contribution in [0.4, 0.5) is 0 Å². The fourth-order valence-electron chi connectivity index (χ4n) is 4.04. The first kappa shape index (κ1) is 26.3. The highest BCUT2D eigenvalue weighted by molar-refractivity contribution is 6.32. The lowest BCUT2D eigenvalue weighted by molar-refractivity contribution is -0.117. The third-order valence-corrected chi connectivity index (χ3v) is 6.15. The summed E-state index contributed by atoms with van der Waals surface area (Å²) in [4.78, 5) is 15.9. The molecule has 0 aliphatic rings. The number of nitrogens with one attached hydrogen (secondary N) is 2. The highest BCUT2D eigenvalue weighted by Gasteiger charge is 2.15. The minimum atomic E-state index is -0.477. The molecule has 0 bridgehead atoms. The van der Waals surface area contributed by atoms with Crippen LogP contribution < -0.4 is 14.8 Å². The monoisotopic (exact) mass is 524 g/mol. The van der Waals surface area contributed by atoms with Crippen LogP contribution in [0.5, 0.6) is 11.5 Å². The molecule has 0 unspecified atom stereocenters. The van der Waals surface area contributed by atoms with E-state index in [0.29, 0.717) is 47.8 Å². The summed E-state index contributed by atoms with van der Waals surface area (Å²) in [6, 6.07) is 22.5. The van der Waals surface area contributed by atoms with Crippen molar-refractivity contribution in [1.82, 2.24) is 10.3 Å². The van der Waals surface area contributed by atoms with E-state index in [2.05, 4.69) is 16.4 Å². The summed E-state index contributed by atoms with van der Waals surface area (Å²) in [6.07, 6.45) is 4.01. The Morgan fingerprint density at radius 2 is 1.87 bits per heavy atom. The molecule has 190 valence electrons. The average molecular weight is 525 g/mol. The van der Waals surface area contributed by atoms with Crippen LogP contribution in [0.3, 0.4) is 0 Å². The second-order valence-corrected chi connectivity index (χ2v) is 8.76. The molecule has 1 heterocycles. The second-order valence-electron chi connectivity index (χ2n) is 8.36. The van der Waals surface area contributed by atoms with Crippen LogP contribution in [0.1, 0.15) is 29.2 Å². The standard InChI is InChI=1S/C30H25ClN4O3/c1-2-37-28-15-20(14-26(31)29(28)38-19-23-8-4-3-7-21(23)16-32)13-24(17-33)30(36)34-12-11-22-18-35-27-10-6-5-9-25(22)27/h3-10,13-15,18,35H,2,11-12,19H2,1H3,(H,34,36)/b24-13-. The Bertz CT molecular complexity index is 1580. The van der Waals surface area contributed by atoms with E-state index in [0.717, 1.165) is 16.5 Å². The minimum absolute atomic E-state index is 0.0564. The molecule has 0 atom stereocenters. The Balaban J connectivity index is 1.47. The Labute approximate surface area is 225 Å². The number of nitriles is 2. The van der Waals surface area contributed by atoms with Gasteiger partial charge in [0.2, 0.25) is 0 Å². The lowest BCUT2D eigenvalue weighted by Crippen LogP contribution is -2.26. The number of carbonyl (C=O) groups is 1. The van der Waals surface area contributed by atoms with E-state index in [9.17, 15) is 15.3 Å². The summed E-state index contributed by atoms with van der Waals surface area (Å²) in [5.41, 5.74) is 3.81. The number of H-pyrrole nitrogens is 1. The topological polar surface area (TPSA) is 111 Å². The maximum atomic E-state index is 12.7. The van der Waals surface area contributed by atoms with E-state index < -0.39 is 5.91 Å². The van der Waals surface area contributed by atoms with Gasteiger partial charge < -0.3 is 19.8 Å². The summed E-state index contributed by atoms with van der Waals surface area (Å²) in [5, 5.41) is 23.1. The van der Waals surface area contributed by atoms with Gasteiger partial charge >= 0.3 is 0 Å². The Morgan fingerprint density at radius 1 is 1.08 bits per heavy atom. The molecule has 7 nitrogen and oxygen atoms in total. The number of nitrogens with zero attached hydrogens (tertiary/aromatic N) is 2. The van der Waals surface area contributed by atoms with Crippen molar-refractivity contribution in [3.8, 4) is 23.6 Å². The van der Waals surface area contributed by atoms with E-state index in [-0.39, 0.29) is 17.2 Å². The van der Waals surface area contributed by atoms with Crippen molar-refractivity contribution in [2.75, 3.05) is 13.2 Å². The number of carbonyl (C=O) groups excluding carboxylic acids is 1. The maximum Gasteiger partial charge on any atom is 0.261 e. The predicted octanol–water partition coefficient (Wildman–Crippen LogP) is 5.94. The van der Waals surface area contributed by atoms with Crippen LogP contribution in [-0.4, -0.2) is 24.0 Å². The zero-order valence-corrected chi connectivity index (χ0v) is 21.5. The van der Waals surface area contributed by atoms with Gasteiger partial charge in [-0.05, 0) is 54.8 Å². The number of hydrogen-bond donors (Lipinski definition) is 2. The van der Waals surface area contributed by atoms with Gasteiger partial charge in [0.05, 0.1) is 23.3 Å². The molecule has 4 aromatic rings. The number of amides is 1. The van der Waals surface area contributed by atoms with Crippen LogP contribution in [0.2, 0.25) is 5.02 Å². The normalized spacial score (nSPS) is 11.0. The molecule has 1 aromatic heterocycles. The molecule has 0 fully saturated rings. The fraction of sp³-hybridized carbons (Fsp3) is 0.167.